The maximum absolute atomic E-state index is 13.1. The fourth-order valence-electron chi connectivity index (χ4n) is 3.25. The highest BCUT2D eigenvalue weighted by Crippen LogP contribution is 2.11. The van der Waals surface area contributed by atoms with E-state index >= 15 is 0 Å². The van der Waals surface area contributed by atoms with Gasteiger partial charge >= 0.3 is 5.97 Å². The number of aliphatic carboxylic acids is 1. The number of hydrogen-bond donors (Lipinski definition) is 6. The molecular weight excluding hydrogens is 454 g/mol. The van der Waals surface area contributed by atoms with Crippen LogP contribution in [-0.4, -0.2) is 58.9 Å². The largest absolute Gasteiger partial charge is 0.480 e. The molecule has 5 atom stereocenters. The molecule has 0 aliphatic carbocycles. The van der Waals surface area contributed by atoms with Gasteiger partial charge in [-0.1, -0.05) is 64.4 Å². The van der Waals surface area contributed by atoms with Gasteiger partial charge in [-0.2, -0.15) is 0 Å². The first-order chi connectivity index (χ1) is 16.4. The molecule has 0 fully saturated rings. The van der Waals surface area contributed by atoms with Crippen molar-refractivity contribution < 1.29 is 29.1 Å². The predicted octanol–water partition coefficient (Wildman–Crippen LogP) is -0.327. The first-order valence-corrected chi connectivity index (χ1v) is 11.6. The van der Waals surface area contributed by atoms with Crippen LogP contribution in [0.25, 0.3) is 0 Å². The van der Waals surface area contributed by atoms with Crippen LogP contribution in [0.1, 0.15) is 46.1 Å². The van der Waals surface area contributed by atoms with E-state index in [1.165, 1.54) is 0 Å². The van der Waals surface area contributed by atoms with E-state index in [0.717, 1.165) is 5.56 Å². The molecule has 5 unspecified atom stereocenters. The molecule has 0 aromatic heterocycles. The Kier molecular flexibility index (Phi) is 11.9. The van der Waals surface area contributed by atoms with Crippen molar-refractivity contribution in [2.45, 2.75) is 71.1 Å². The molecule has 11 nitrogen and oxygen atoms in total. The lowest BCUT2D eigenvalue weighted by Crippen LogP contribution is -2.59. The van der Waals surface area contributed by atoms with Crippen molar-refractivity contribution in [3.05, 3.63) is 35.9 Å². The van der Waals surface area contributed by atoms with Crippen LogP contribution in [0.3, 0.4) is 0 Å². The summed E-state index contributed by atoms with van der Waals surface area (Å²) in [5.41, 5.74) is 11.8. The third-order valence-corrected chi connectivity index (χ3v) is 5.75. The molecule has 1 aromatic rings. The van der Waals surface area contributed by atoms with Crippen molar-refractivity contribution >= 4 is 29.6 Å². The lowest BCUT2D eigenvalue weighted by Gasteiger charge is -2.28. The fraction of sp³-hybridized carbons (Fsp3) is 0.542. The molecule has 0 aliphatic rings. The number of carbonyl (C=O) groups excluding carboxylic acids is 4. The lowest BCUT2D eigenvalue weighted by molar-refractivity contribution is -0.142. The normalized spacial score (nSPS) is 15.3. The van der Waals surface area contributed by atoms with E-state index in [1.54, 1.807) is 58.0 Å². The van der Waals surface area contributed by atoms with Crippen molar-refractivity contribution in [1.29, 1.82) is 0 Å². The summed E-state index contributed by atoms with van der Waals surface area (Å²) >= 11 is 0. The highest BCUT2D eigenvalue weighted by Gasteiger charge is 2.33. The average molecular weight is 492 g/mol. The number of primary amides is 1. The van der Waals surface area contributed by atoms with Crippen LogP contribution in [0.4, 0.5) is 0 Å². The second-order valence-electron chi connectivity index (χ2n) is 8.96. The standard InChI is InChI=1S/C24H37N5O6/c1-5-14(4)20(23(33)28-17(24(34)35)11-15-9-7-6-8-10-15)29-21(31)16(12-18(25)30)27-22(32)19(26)13(2)3/h6-10,13-14,16-17,19-20H,5,11-12,26H2,1-4H3,(H2,25,30)(H,27,32)(H,28,33)(H,29,31)(H,34,35). The van der Waals surface area contributed by atoms with Gasteiger partial charge in [-0.15, -0.1) is 0 Å². The summed E-state index contributed by atoms with van der Waals surface area (Å²) in [5.74, 6) is -4.79. The van der Waals surface area contributed by atoms with E-state index < -0.39 is 60.2 Å². The first kappa shape index (κ1) is 29.6. The first-order valence-electron chi connectivity index (χ1n) is 11.6. The summed E-state index contributed by atoms with van der Waals surface area (Å²) in [6, 6.07) is 4.21. The molecule has 0 spiro atoms. The smallest absolute Gasteiger partial charge is 0.326 e. The second-order valence-corrected chi connectivity index (χ2v) is 8.96. The van der Waals surface area contributed by atoms with E-state index in [2.05, 4.69) is 16.0 Å². The molecule has 4 amide bonds. The molecule has 0 bridgehead atoms. The molecular formula is C24H37N5O6. The minimum Gasteiger partial charge on any atom is -0.480 e. The lowest BCUT2D eigenvalue weighted by atomic mass is 9.96. The minimum absolute atomic E-state index is 0.0521. The summed E-state index contributed by atoms with van der Waals surface area (Å²) < 4.78 is 0. The summed E-state index contributed by atoms with van der Waals surface area (Å²) in [6.07, 6.45) is 0.0411. The maximum atomic E-state index is 13.1. The van der Waals surface area contributed by atoms with Crippen LogP contribution in [0.5, 0.6) is 0 Å². The average Bonchev–Trinajstić information content (AvgIpc) is 2.80. The van der Waals surface area contributed by atoms with Crippen molar-refractivity contribution in [2.24, 2.45) is 23.3 Å². The molecule has 35 heavy (non-hydrogen) atoms. The SMILES string of the molecule is CCC(C)C(NC(=O)C(CC(N)=O)NC(=O)C(N)C(C)C)C(=O)NC(Cc1ccccc1)C(=O)O. The van der Waals surface area contributed by atoms with Crippen LogP contribution < -0.4 is 27.4 Å². The van der Waals surface area contributed by atoms with Gasteiger partial charge in [0, 0.05) is 6.42 Å². The van der Waals surface area contributed by atoms with Crippen LogP contribution >= 0.6 is 0 Å². The molecule has 0 saturated heterocycles. The van der Waals surface area contributed by atoms with Gasteiger partial charge in [0.25, 0.3) is 0 Å². The van der Waals surface area contributed by atoms with E-state index in [1.807, 2.05) is 0 Å². The zero-order valence-electron chi connectivity index (χ0n) is 20.6. The maximum Gasteiger partial charge on any atom is 0.326 e. The molecule has 1 aromatic carbocycles. The molecule has 1 rings (SSSR count). The second kappa shape index (κ2) is 14.1. The van der Waals surface area contributed by atoms with Crippen molar-refractivity contribution in [3.8, 4) is 0 Å². The Balaban J connectivity index is 3.04. The van der Waals surface area contributed by atoms with Crippen LogP contribution in [0.2, 0.25) is 0 Å². The number of carboxylic acid groups (broad SMARTS) is 1. The predicted molar refractivity (Wildman–Crippen MR) is 130 cm³/mol. The van der Waals surface area contributed by atoms with E-state index in [0.29, 0.717) is 6.42 Å². The van der Waals surface area contributed by atoms with Crippen molar-refractivity contribution in [1.82, 2.24) is 16.0 Å². The number of nitrogens with two attached hydrogens (primary N) is 2. The molecule has 8 N–H and O–H groups in total. The molecule has 0 saturated carbocycles. The van der Waals surface area contributed by atoms with Crippen molar-refractivity contribution in [3.63, 3.8) is 0 Å². The number of carboxylic acids is 1. The number of nitrogens with one attached hydrogen (secondary N) is 3. The fourth-order valence-corrected chi connectivity index (χ4v) is 3.25. The minimum atomic E-state index is -1.34. The molecule has 0 aliphatic heterocycles. The third-order valence-electron chi connectivity index (χ3n) is 5.75. The highest BCUT2D eigenvalue weighted by atomic mass is 16.4. The van der Waals surface area contributed by atoms with Gasteiger partial charge in [-0.3, -0.25) is 19.2 Å². The number of rotatable bonds is 14. The number of carbonyl (C=O) groups is 5. The Hall–Kier alpha value is -3.47. The number of hydrogen-bond acceptors (Lipinski definition) is 6. The molecule has 0 radical (unpaired) electrons. The monoisotopic (exact) mass is 491 g/mol. The molecule has 0 heterocycles. The van der Waals surface area contributed by atoms with Gasteiger partial charge in [-0.25, -0.2) is 4.79 Å². The summed E-state index contributed by atoms with van der Waals surface area (Å²) in [6.45, 7) is 6.98. The summed E-state index contributed by atoms with van der Waals surface area (Å²) in [4.78, 5) is 61.7. The summed E-state index contributed by atoms with van der Waals surface area (Å²) in [5, 5.41) is 17.1. The van der Waals surface area contributed by atoms with Crippen molar-refractivity contribution in [2.75, 3.05) is 0 Å². The Bertz CT molecular complexity index is 892. The third kappa shape index (κ3) is 9.73. The van der Waals surface area contributed by atoms with Crippen LogP contribution in [-0.2, 0) is 30.4 Å². The van der Waals surface area contributed by atoms with Gasteiger partial charge in [0.05, 0.1) is 12.5 Å². The van der Waals surface area contributed by atoms with Gasteiger partial charge in [-0.05, 0) is 17.4 Å². The van der Waals surface area contributed by atoms with E-state index in [4.69, 9.17) is 11.5 Å². The number of amides is 4. The van der Waals surface area contributed by atoms with E-state index in [9.17, 15) is 29.1 Å². The Morgan fingerprint density at radius 3 is 1.94 bits per heavy atom. The molecule has 194 valence electrons. The zero-order chi connectivity index (χ0) is 26.7. The topological polar surface area (TPSA) is 194 Å². The quantitative estimate of drug-likeness (QED) is 0.205. The summed E-state index contributed by atoms with van der Waals surface area (Å²) in [7, 11) is 0. The van der Waals surface area contributed by atoms with Gasteiger partial charge in [0.1, 0.15) is 18.1 Å². The van der Waals surface area contributed by atoms with E-state index in [-0.39, 0.29) is 18.3 Å². The molecule has 11 heteroatoms. The Morgan fingerprint density at radius 1 is 0.886 bits per heavy atom. The highest BCUT2D eigenvalue weighted by molar-refractivity contribution is 5.96. The number of benzene rings is 1. The van der Waals surface area contributed by atoms with Gasteiger partial charge in [0.15, 0.2) is 0 Å². The van der Waals surface area contributed by atoms with Gasteiger partial charge in [0.2, 0.25) is 23.6 Å². The zero-order valence-corrected chi connectivity index (χ0v) is 20.6. The Morgan fingerprint density at radius 2 is 1.46 bits per heavy atom. The van der Waals surface area contributed by atoms with Crippen LogP contribution in [0.15, 0.2) is 30.3 Å². The van der Waals surface area contributed by atoms with Gasteiger partial charge < -0.3 is 32.5 Å². The van der Waals surface area contributed by atoms with Crippen LogP contribution in [0, 0.1) is 11.8 Å². The Labute approximate surface area is 205 Å².